The molecule has 1 aromatic heterocycles. The Morgan fingerprint density at radius 2 is 2.14 bits per heavy atom. The monoisotopic (exact) mass is 307 g/mol. The lowest BCUT2D eigenvalue weighted by molar-refractivity contribution is -0.155. The molecule has 3 rings (SSSR count). The second-order valence-corrected chi connectivity index (χ2v) is 6.70. The lowest BCUT2D eigenvalue weighted by Gasteiger charge is -2.43. The number of piperazine rings is 1. The van der Waals surface area contributed by atoms with Gasteiger partial charge in [-0.05, 0) is 44.2 Å². The van der Waals surface area contributed by atoms with Crippen LogP contribution in [0.5, 0.6) is 0 Å². The minimum Gasteiger partial charge on any atom is -0.340 e. The molecule has 2 aliphatic rings. The van der Waals surface area contributed by atoms with E-state index in [4.69, 9.17) is 11.6 Å². The first-order chi connectivity index (χ1) is 9.90. The maximum atomic E-state index is 12.7. The lowest BCUT2D eigenvalue weighted by Crippen LogP contribution is -2.68. The van der Waals surface area contributed by atoms with Crippen LogP contribution in [0, 0.1) is 5.92 Å². The van der Waals surface area contributed by atoms with E-state index in [1.165, 1.54) is 0 Å². The number of amides is 2. The normalized spacial score (nSPS) is 24.9. The van der Waals surface area contributed by atoms with E-state index in [1.807, 2.05) is 0 Å². The van der Waals surface area contributed by atoms with Gasteiger partial charge in [-0.1, -0.05) is 11.6 Å². The van der Waals surface area contributed by atoms with E-state index in [0.717, 1.165) is 18.4 Å². The van der Waals surface area contributed by atoms with Crippen molar-refractivity contribution in [1.82, 2.24) is 15.2 Å². The van der Waals surface area contributed by atoms with Crippen molar-refractivity contribution >= 4 is 23.4 Å². The standard InChI is InChI=1S/C15H18ClN3O2/c1-15(2)14(21)19(8-10-5-6-17-7-11(10)16)12(9-3-4-9)13(20)18-15/h5-7,9,12H,3-4,8H2,1-2H3,(H,18,20). The van der Waals surface area contributed by atoms with E-state index in [9.17, 15) is 9.59 Å². The largest absolute Gasteiger partial charge is 0.340 e. The van der Waals surface area contributed by atoms with Crippen LogP contribution in [0.15, 0.2) is 18.5 Å². The molecular formula is C15H18ClN3O2. The molecule has 2 amide bonds. The molecule has 0 aromatic carbocycles. The molecule has 1 aliphatic carbocycles. The quantitative estimate of drug-likeness (QED) is 0.925. The van der Waals surface area contributed by atoms with Crippen molar-refractivity contribution in [2.24, 2.45) is 5.92 Å². The number of carbonyl (C=O) groups is 2. The summed E-state index contributed by atoms with van der Waals surface area (Å²) in [7, 11) is 0. The summed E-state index contributed by atoms with van der Waals surface area (Å²) in [5.74, 6) is 0.143. The van der Waals surface area contributed by atoms with Gasteiger partial charge >= 0.3 is 0 Å². The van der Waals surface area contributed by atoms with E-state index in [0.29, 0.717) is 11.6 Å². The fraction of sp³-hybridized carbons (Fsp3) is 0.533. The van der Waals surface area contributed by atoms with Crippen LogP contribution in [0.4, 0.5) is 0 Å². The molecule has 1 aromatic rings. The SMILES string of the molecule is CC1(C)NC(=O)C(C2CC2)N(Cc2ccncc2Cl)C1=O. The zero-order chi connectivity index (χ0) is 15.2. The molecule has 112 valence electrons. The summed E-state index contributed by atoms with van der Waals surface area (Å²) in [6.07, 6.45) is 5.19. The van der Waals surface area contributed by atoms with Crippen LogP contribution in [0.1, 0.15) is 32.3 Å². The Labute approximate surface area is 128 Å². The Bertz CT molecular complexity index is 598. The van der Waals surface area contributed by atoms with Crippen molar-refractivity contribution in [3.63, 3.8) is 0 Å². The highest BCUT2D eigenvalue weighted by molar-refractivity contribution is 6.31. The molecule has 1 aliphatic heterocycles. The van der Waals surface area contributed by atoms with E-state index >= 15 is 0 Å². The van der Waals surface area contributed by atoms with Crippen molar-refractivity contribution in [3.05, 3.63) is 29.0 Å². The fourth-order valence-corrected chi connectivity index (χ4v) is 3.01. The van der Waals surface area contributed by atoms with Crippen LogP contribution < -0.4 is 5.32 Å². The van der Waals surface area contributed by atoms with E-state index in [-0.39, 0.29) is 23.8 Å². The van der Waals surface area contributed by atoms with Crippen LogP contribution in [-0.4, -0.2) is 33.3 Å². The summed E-state index contributed by atoms with van der Waals surface area (Å²) in [4.78, 5) is 30.7. The van der Waals surface area contributed by atoms with Crippen LogP contribution in [-0.2, 0) is 16.1 Å². The first kappa shape index (κ1) is 14.3. The van der Waals surface area contributed by atoms with Gasteiger partial charge in [0.05, 0.1) is 5.02 Å². The molecule has 1 saturated carbocycles. The third-order valence-corrected chi connectivity index (χ3v) is 4.44. The number of pyridine rings is 1. The maximum Gasteiger partial charge on any atom is 0.248 e. The first-order valence-corrected chi connectivity index (χ1v) is 7.49. The Hall–Kier alpha value is -1.62. The average Bonchev–Trinajstić information content (AvgIpc) is 3.22. The number of nitrogens with one attached hydrogen (secondary N) is 1. The highest BCUT2D eigenvalue weighted by Crippen LogP contribution is 2.39. The average molecular weight is 308 g/mol. The van der Waals surface area contributed by atoms with Gasteiger partial charge in [-0.15, -0.1) is 0 Å². The fourth-order valence-electron chi connectivity index (χ4n) is 2.83. The number of hydrogen-bond acceptors (Lipinski definition) is 3. The third-order valence-electron chi connectivity index (χ3n) is 4.10. The second-order valence-electron chi connectivity index (χ2n) is 6.30. The molecule has 0 bridgehead atoms. The smallest absolute Gasteiger partial charge is 0.248 e. The van der Waals surface area contributed by atoms with Crippen LogP contribution in [0.25, 0.3) is 0 Å². The number of rotatable bonds is 3. The minimum absolute atomic E-state index is 0.0627. The number of carbonyl (C=O) groups excluding carboxylic acids is 2. The Morgan fingerprint density at radius 1 is 1.43 bits per heavy atom. The minimum atomic E-state index is -0.873. The van der Waals surface area contributed by atoms with Gasteiger partial charge < -0.3 is 10.2 Å². The summed E-state index contributed by atoms with van der Waals surface area (Å²) in [5, 5.41) is 3.35. The zero-order valence-electron chi connectivity index (χ0n) is 12.1. The van der Waals surface area contributed by atoms with Gasteiger partial charge in [-0.2, -0.15) is 0 Å². The van der Waals surface area contributed by atoms with Gasteiger partial charge in [0, 0.05) is 18.9 Å². The first-order valence-electron chi connectivity index (χ1n) is 7.11. The van der Waals surface area contributed by atoms with Gasteiger partial charge in [0.1, 0.15) is 11.6 Å². The van der Waals surface area contributed by atoms with E-state index in [1.54, 1.807) is 37.2 Å². The van der Waals surface area contributed by atoms with Gasteiger partial charge in [-0.25, -0.2) is 0 Å². The Balaban J connectivity index is 1.93. The van der Waals surface area contributed by atoms with Crippen LogP contribution in [0.3, 0.4) is 0 Å². The maximum absolute atomic E-state index is 12.7. The second kappa shape index (κ2) is 4.98. The molecule has 2 heterocycles. The molecule has 0 radical (unpaired) electrons. The predicted molar refractivity (Wildman–Crippen MR) is 78.5 cm³/mol. The van der Waals surface area contributed by atoms with Crippen molar-refractivity contribution < 1.29 is 9.59 Å². The van der Waals surface area contributed by atoms with Gasteiger partial charge in [-0.3, -0.25) is 14.6 Å². The molecule has 1 unspecified atom stereocenters. The highest BCUT2D eigenvalue weighted by atomic mass is 35.5. The van der Waals surface area contributed by atoms with Crippen molar-refractivity contribution in [3.8, 4) is 0 Å². The van der Waals surface area contributed by atoms with Crippen molar-refractivity contribution in [2.75, 3.05) is 0 Å². The molecule has 6 heteroatoms. The van der Waals surface area contributed by atoms with Crippen LogP contribution in [0.2, 0.25) is 5.02 Å². The van der Waals surface area contributed by atoms with Gasteiger partial charge in [0.25, 0.3) is 0 Å². The molecule has 21 heavy (non-hydrogen) atoms. The van der Waals surface area contributed by atoms with E-state index in [2.05, 4.69) is 10.3 Å². The van der Waals surface area contributed by atoms with Crippen LogP contribution >= 0.6 is 11.6 Å². The highest BCUT2D eigenvalue weighted by Gasteiger charge is 2.50. The topological polar surface area (TPSA) is 62.3 Å². The number of aromatic nitrogens is 1. The summed E-state index contributed by atoms with van der Waals surface area (Å²) < 4.78 is 0. The third kappa shape index (κ3) is 2.62. The number of nitrogens with zero attached hydrogens (tertiary/aromatic N) is 2. The molecule has 0 spiro atoms. The predicted octanol–water partition coefficient (Wildman–Crippen LogP) is 1.75. The lowest BCUT2D eigenvalue weighted by atomic mass is 9.94. The summed E-state index contributed by atoms with van der Waals surface area (Å²) >= 11 is 6.14. The van der Waals surface area contributed by atoms with Gasteiger partial charge in [0.15, 0.2) is 0 Å². The molecule has 1 atom stereocenters. The van der Waals surface area contributed by atoms with Crippen molar-refractivity contribution in [1.29, 1.82) is 0 Å². The molecule has 1 saturated heterocycles. The molecular weight excluding hydrogens is 290 g/mol. The summed E-state index contributed by atoms with van der Waals surface area (Å²) in [6.45, 7) is 3.81. The number of halogens is 1. The number of hydrogen-bond donors (Lipinski definition) is 1. The summed E-state index contributed by atoms with van der Waals surface area (Å²) in [6, 6.07) is 1.41. The Kier molecular flexibility index (Phi) is 3.40. The molecule has 2 fully saturated rings. The van der Waals surface area contributed by atoms with Crippen molar-refractivity contribution in [2.45, 2.75) is 44.8 Å². The molecule has 1 N–H and O–H groups in total. The van der Waals surface area contributed by atoms with Gasteiger partial charge in [0.2, 0.25) is 11.8 Å². The zero-order valence-corrected chi connectivity index (χ0v) is 12.9. The summed E-state index contributed by atoms with van der Waals surface area (Å²) in [5.41, 5.74) is -0.0571. The molecule has 5 nitrogen and oxygen atoms in total. The van der Waals surface area contributed by atoms with E-state index < -0.39 is 5.54 Å². The Morgan fingerprint density at radius 3 is 2.76 bits per heavy atom.